The number of fused-ring (bicyclic) bond motifs is 1. The maximum Gasteiger partial charge on any atom is 0.305 e. The molecule has 1 aromatic heterocycles. The lowest BCUT2D eigenvalue weighted by molar-refractivity contribution is -0.143. The third-order valence-corrected chi connectivity index (χ3v) is 3.91. The maximum absolute atomic E-state index is 11.3. The van der Waals surface area contributed by atoms with E-state index in [1.54, 1.807) is 25.1 Å². The molecule has 1 heterocycles. The topological polar surface area (TPSA) is 65.7 Å². The summed E-state index contributed by atoms with van der Waals surface area (Å²) in [4.78, 5) is 22.1. The molecule has 0 aliphatic rings. The Balaban J connectivity index is 1.60. The summed E-state index contributed by atoms with van der Waals surface area (Å²) in [7, 11) is 0. The fourth-order valence-corrected chi connectivity index (χ4v) is 2.63. The van der Waals surface area contributed by atoms with Crippen LogP contribution in [0, 0.1) is 0 Å². The molecule has 26 heavy (non-hydrogen) atoms. The highest BCUT2D eigenvalue weighted by molar-refractivity contribution is 5.88. The monoisotopic (exact) mass is 352 g/mol. The fourth-order valence-electron chi connectivity index (χ4n) is 2.63. The lowest BCUT2D eigenvalue weighted by Gasteiger charge is -2.06. The number of rotatable bonds is 8. The zero-order valence-electron chi connectivity index (χ0n) is 14.6. The number of benzene rings is 2. The first-order chi connectivity index (χ1) is 12.7. The number of esters is 1. The van der Waals surface area contributed by atoms with E-state index in [2.05, 4.69) is 0 Å². The summed E-state index contributed by atoms with van der Waals surface area (Å²) in [6, 6.07) is 14.8. The quantitative estimate of drug-likeness (QED) is 0.336. The third-order valence-electron chi connectivity index (χ3n) is 3.91. The van der Waals surface area contributed by atoms with Crippen LogP contribution in [-0.4, -0.2) is 25.5 Å². The molecule has 0 amide bonds. The van der Waals surface area contributed by atoms with Gasteiger partial charge in [-0.1, -0.05) is 0 Å². The molecule has 0 aliphatic heterocycles. The number of hydrogen-bond donors (Lipinski definition) is 0. The average Bonchev–Trinajstić information content (AvgIpc) is 3.09. The summed E-state index contributed by atoms with van der Waals surface area (Å²) in [6.45, 7) is 2.65. The lowest BCUT2D eigenvalue weighted by atomic mass is 10.1. The minimum Gasteiger partial charge on any atom is -0.494 e. The van der Waals surface area contributed by atoms with Crippen LogP contribution in [0.15, 0.2) is 52.9 Å². The van der Waals surface area contributed by atoms with Crippen molar-refractivity contribution in [3.05, 3.63) is 54.1 Å². The van der Waals surface area contributed by atoms with E-state index < -0.39 is 0 Å². The number of hydrogen-bond acceptors (Lipinski definition) is 5. The predicted molar refractivity (Wildman–Crippen MR) is 98.4 cm³/mol. The van der Waals surface area contributed by atoms with E-state index in [-0.39, 0.29) is 5.97 Å². The van der Waals surface area contributed by atoms with Gasteiger partial charge in [-0.3, -0.25) is 9.59 Å². The van der Waals surface area contributed by atoms with Crippen LogP contribution >= 0.6 is 0 Å². The van der Waals surface area contributed by atoms with Gasteiger partial charge in [0.1, 0.15) is 23.4 Å². The van der Waals surface area contributed by atoms with Gasteiger partial charge in [0.15, 0.2) is 0 Å². The van der Waals surface area contributed by atoms with Gasteiger partial charge in [-0.2, -0.15) is 0 Å². The number of carbonyl (C=O) groups is 2. The van der Waals surface area contributed by atoms with Crippen molar-refractivity contribution in [2.45, 2.75) is 19.8 Å². The van der Waals surface area contributed by atoms with Gasteiger partial charge in [0, 0.05) is 22.9 Å². The van der Waals surface area contributed by atoms with E-state index in [0.717, 1.165) is 34.3 Å². The smallest absolute Gasteiger partial charge is 0.305 e. The van der Waals surface area contributed by atoms with E-state index in [1.165, 1.54) is 0 Å². The van der Waals surface area contributed by atoms with Crippen LogP contribution in [-0.2, 0) is 9.53 Å². The second kappa shape index (κ2) is 8.34. The summed E-state index contributed by atoms with van der Waals surface area (Å²) >= 11 is 0. The average molecular weight is 352 g/mol. The normalized spacial score (nSPS) is 10.7. The number of ether oxygens (including phenoxy) is 2. The van der Waals surface area contributed by atoms with Crippen molar-refractivity contribution in [3.8, 4) is 17.1 Å². The Morgan fingerprint density at radius 1 is 1.12 bits per heavy atom. The Morgan fingerprint density at radius 2 is 1.92 bits per heavy atom. The molecule has 0 atom stereocenters. The first-order valence-corrected chi connectivity index (χ1v) is 8.57. The molecule has 0 spiro atoms. The van der Waals surface area contributed by atoms with E-state index in [4.69, 9.17) is 13.9 Å². The highest BCUT2D eigenvalue weighted by Gasteiger charge is 2.07. The van der Waals surface area contributed by atoms with E-state index in [9.17, 15) is 9.59 Å². The molecule has 3 rings (SSSR count). The molecule has 134 valence electrons. The minimum absolute atomic E-state index is 0.200. The van der Waals surface area contributed by atoms with Crippen LogP contribution in [0.25, 0.3) is 22.3 Å². The number of aldehydes is 1. The summed E-state index contributed by atoms with van der Waals surface area (Å²) in [5, 5.41) is 0.892. The van der Waals surface area contributed by atoms with Gasteiger partial charge < -0.3 is 13.9 Å². The van der Waals surface area contributed by atoms with Gasteiger partial charge in [0.05, 0.1) is 13.2 Å². The molecule has 5 heteroatoms. The van der Waals surface area contributed by atoms with Crippen molar-refractivity contribution in [3.63, 3.8) is 0 Å². The molecule has 0 N–H and O–H groups in total. The van der Waals surface area contributed by atoms with E-state index in [0.29, 0.717) is 31.6 Å². The second-order valence-corrected chi connectivity index (χ2v) is 5.81. The molecule has 0 unspecified atom stereocenters. The maximum atomic E-state index is 11.3. The molecule has 2 aromatic carbocycles. The Bertz CT molecular complexity index is 892. The molecule has 0 aliphatic carbocycles. The summed E-state index contributed by atoms with van der Waals surface area (Å²) in [6.07, 6.45) is 1.79. The zero-order chi connectivity index (χ0) is 18.4. The highest BCUT2D eigenvalue weighted by atomic mass is 16.5. The van der Waals surface area contributed by atoms with Crippen LogP contribution in [0.1, 0.15) is 30.1 Å². The number of carbonyl (C=O) groups excluding carboxylic acids is 2. The Kier molecular flexibility index (Phi) is 5.69. The summed E-state index contributed by atoms with van der Waals surface area (Å²) in [5.74, 6) is 1.27. The highest BCUT2D eigenvalue weighted by Crippen LogP contribution is 2.29. The van der Waals surface area contributed by atoms with Crippen molar-refractivity contribution in [2.24, 2.45) is 0 Å². The summed E-state index contributed by atoms with van der Waals surface area (Å²) < 4.78 is 16.3. The van der Waals surface area contributed by atoms with Crippen LogP contribution in [0.2, 0.25) is 0 Å². The second-order valence-electron chi connectivity index (χ2n) is 5.81. The van der Waals surface area contributed by atoms with Gasteiger partial charge in [0.25, 0.3) is 0 Å². The molecule has 0 saturated heterocycles. The fraction of sp³-hybridized carbons (Fsp3) is 0.238. The van der Waals surface area contributed by atoms with Gasteiger partial charge >= 0.3 is 5.97 Å². The molecular formula is C21H20O5. The van der Waals surface area contributed by atoms with Crippen LogP contribution in [0.4, 0.5) is 0 Å². The standard InChI is InChI=1S/C21H20O5/c1-2-24-21(23)4-3-11-25-18-8-6-16(7-9-18)20-13-17-12-15(14-22)5-10-19(17)26-20/h5-10,12-14H,2-4,11H2,1H3. The molecule has 5 nitrogen and oxygen atoms in total. The molecule has 0 bridgehead atoms. The third kappa shape index (κ3) is 4.30. The Morgan fingerprint density at radius 3 is 2.65 bits per heavy atom. The van der Waals surface area contributed by atoms with Gasteiger partial charge in [-0.15, -0.1) is 0 Å². The van der Waals surface area contributed by atoms with Crippen LogP contribution in [0.3, 0.4) is 0 Å². The van der Waals surface area contributed by atoms with Gasteiger partial charge in [0.2, 0.25) is 0 Å². The molecule has 0 fully saturated rings. The van der Waals surface area contributed by atoms with Gasteiger partial charge in [-0.05, 0) is 61.9 Å². The van der Waals surface area contributed by atoms with Crippen molar-refractivity contribution in [2.75, 3.05) is 13.2 Å². The summed E-state index contributed by atoms with van der Waals surface area (Å²) in [5.41, 5.74) is 2.29. The van der Waals surface area contributed by atoms with Gasteiger partial charge in [-0.25, -0.2) is 0 Å². The van der Waals surface area contributed by atoms with E-state index >= 15 is 0 Å². The predicted octanol–water partition coefficient (Wildman–Crippen LogP) is 4.63. The van der Waals surface area contributed by atoms with Crippen molar-refractivity contribution in [1.82, 2.24) is 0 Å². The molecule has 0 saturated carbocycles. The first-order valence-electron chi connectivity index (χ1n) is 8.57. The van der Waals surface area contributed by atoms with E-state index in [1.807, 2.05) is 30.3 Å². The van der Waals surface area contributed by atoms with Crippen molar-refractivity contribution < 1.29 is 23.5 Å². The number of furan rings is 1. The van der Waals surface area contributed by atoms with Crippen molar-refractivity contribution >= 4 is 23.2 Å². The molecule has 3 aromatic rings. The molecule has 0 radical (unpaired) electrons. The largest absolute Gasteiger partial charge is 0.494 e. The minimum atomic E-state index is -0.200. The Labute approximate surface area is 151 Å². The van der Waals surface area contributed by atoms with Crippen molar-refractivity contribution in [1.29, 1.82) is 0 Å². The lowest BCUT2D eigenvalue weighted by Crippen LogP contribution is -2.06. The van der Waals surface area contributed by atoms with Crippen LogP contribution in [0.5, 0.6) is 5.75 Å². The van der Waals surface area contributed by atoms with Crippen LogP contribution < -0.4 is 4.74 Å². The Hall–Kier alpha value is -3.08. The molecular weight excluding hydrogens is 332 g/mol. The SMILES string of the molecule is CCOC(=O)CCCOc1ccc(-c2cc3cc(C=O)ccc3o2)cc1. The zero-order valence-corrected chi connectivity index (χ0v) is 14.6. The first kappa shape index (κ1) is 17.7.